The Kier molecular flexibility index (Phi) is 9.54. The first-order valence-electron chi connectivity index (χ1n) is 23.3. The molecule has 13 aromatic rings. The Morgan fingerprint density at radius 2 is 0.735 bits per heavy atom. The Morgan fingerprint density at radius 1 is 0.235 bits per heavy atom. The molecule has 13 rings (SSSR count). The molecule has 2 nitrogen and oxygen atoms in total. The number of anilines is 3. The summed E-state index contributed by atoms with van der Waals surface area (Å²) in [4.78, 5) is 2.42. The largest absolute Gasteiger partial charge is 0.456 e. The lowest BCUT2D eigenvalue weighted by Gasteiger charge is -2.29. The van der Waals surface area contributed by atoms with Gasteiger partial charge in [0.05, 0.1) is 0 Å². The quantitative estimate of drug-likeness (QED) is 0.142. The molecule has 0 N–H and O–H groups in total. The number of nitrogens with zero attached hydrogens (tertiary/aromatic N) is 1. The second kappa shape index (κ2) is 16.5. The van der Waals surface area contributed by atoms with E-state index in [4.69, 9.17) is 4.42 Å². The Morgan fingerprint density at radius 3 is 1.46 bits per heavy atom. The molecule has 0 spiro atoms. The highest BCUT2D eigenvalue weighted by molar-refractivity contribution is 6.11. The molecule has 1 aromatic heterocycles. The molecular weight excluding hydrogens is 823 g/mol. The van der Waals surface area contributed by atoms with Gasteiger partial charge in [0.15, 0.2) is 0 Å². The zero-order valence-electron chi connectivity index (χ0n) is 37.2. The van der Waals surface area contributed by atoms with E-state index in [1.807, 2.05) is 6.07 Å². The van der Waals surface area contributed by atoms with Crippen molar-refractivity contribution in [2.75, 3.05) is 4.90 Å². The molecule has 318 valence electrons. The minimum Gasteiger partial charge on any atom is -0.456 e. The molecule has 0 aliphatic heterocycles. The van der Waals surface area contributed by atoms with Crippen molar-refractivity contribution < 1.29 is 4.42 Å². The van der Waals surface area contributed by atoms with E-state index in [0.29, 0.717) is 0 Å². The number of furan rings is 1. The minimum atomic E-state index is 0.843. The van der Waals surface area contributed by atoms with Crippen LogP contribution < -0.4 is 4.90 Å². The summed E-state index contributed by atoms with van der Waals surface area (Å²) in [5, 5.41) is 9.59. The zero-order valence-corrected chi connectivity index (χ0v) is 37.2. The first kappa shape index (κ1) is 39.4. The molecule has 0 saturated heterocycles. The van der Waals surface area contributed by atoms with Gasteiger partial charge >= 0.3 is 0 Å². The fourth-order valence-corrected chi connectivity index (χ4v) is 10.5. The fourth-order valence-electron chi connectivity index (χ4n) is 10.5. The molecule has 68 heavy (non-hydrogen) atoms. The van der Waals surface area contributed by atoms with Crippen molar-refractivity contribution in [2.24, 2.45) is 0 Å². The predicted molar refractivity (Wildman–Crippen MR) is 288 cm³/mol. The molecule has 1 heterocycles. The van der Waals surface area contributed by atoms with Crippen LogP contribution in [0, 0.1) is 0 Å². The van der Waals surface area contributed by atoms with Crippen molar-refractivity contribution in [3.8, 4) is 55.6 Å². The number of rotatable bonds is 8. The fraction of sp³-hybridized carbons (Fsp3) is 0. The molecule has 0 saturated carbocycles. The Hall–Kier alpha value is -8.98. The van der Waals surface area contributed by atoms with E-state index in [1.165, 1.54) is 54.6 Å². The highest BCUT2D eigenvalue weighted by atomic mass is 16.3. The summed E-state index contributed by atoms with van der Waals surface area (Å²) in [6.45, 7) is 0. The average molecular weight is 866 g/mol. The number of hydrogen-bond acceptors (Lipinski definition) is 2. The Balaban J connectivity index is 1.11. The van der Waals surface area contributed by atoms with Gasteiger partial charge in [0.2, 0.25) is 0 Å². The molecule has 12 aromatic carbocycles. The van der Waals surface area contributed by atoms with E-state index in [9.17, 15) is 0 Å². The lowest BCUT2D eigenvalue weighted by molar-refractivity contribution is 0.669. The molecule has 0 atom stereocenters. The van der Waals surface area contributed by atoms with Crippen LogP contribution in [0.1, 0.15) is 0 Å². The average Bonchev–Trinajstić information content (AvgIpc) is 3.79. The van der Waals surface area contributed by atoms with Crippen molar-refractivity contribution in [3.05, 3.63) is 261 Å². The summed E-state index contributed by atoms with van der Waals surface area (Å²) in [5.74, 6) is 0. The van der Waals surface area contributed by atoms with Crippen LogP contribution in [-0.2, 0) is 0 Å². The topological polar surface area (TPSA) is 16.4 Å². The third-order valence-corrected chi connectivity index (χ3v) is 13.6. The van der Waals surface area contributed by atoms with Gasteiger partial charge in [-0.1, -0.05) is 206 Å². The van der Waals surface area contributed by atoms with Crippen molar-refractivity contribution in [1.82, 2.24) is 0 Å². The maximum atomic E-state index is 6.63. The van der Waals surface area contributed by atoms with Gasteiger partial charge < -0.3 is 9.32 Å². The van der Waals surface area contributed by atoms with E-state index >= 15 is 0 Å². The van der Waals surface area contributed by atoms with Gasteiger partial charge in [-0.15, -0.1) is 0 Å². The zero-order chi connectivity index (χ0) is 45.0. The third kappa shape index (κ3) is 6.82. The molecular formula is C66H43NO. The number of fused-ring (bicyclic) bond motifs is 7. The Bertz CT molecular complexity index is 3950. The monoisotopic (exact) mass is 865 g/mol. The summed E-state index contributed by atoms with van der Waals surface area (Å²) in [6.07, 6.45) is 0. The van der Waals surface area contributed by atoms with Crippen LogP contribution in [0.2, 0.25) is 0 Å². The second-order valence-electron chi connectivity index (χ2n) is 17.6. The molecule has 0 unspecified atom stereocenters. The summed E-state index contributed by atoms with van der Waals surface area (Å²) in [6, 6.07) is 94.8. The minimum absolute atomic E-state index is 0.843. The first-order chi connectivity index (χ1) is 33.7. The third-order valence-electron chi connectivity index (χ3n) is 13.6. The van der Waals surface area contributed by atoms with E-state index in [1.54, 1.807) is 0 Å². The van der Waals surface area contributed by atoms with Crippen molar-refractivity contribution in [2.45, 2.75) is 0 Å². The summed E-state index contributed by atoms with van der Waals surface area (Å²) >= 11 is 0. The second-order valence-corrected chi connectivity index (χ2v) is 17.6. The van der Waals surface area contributed by atoms with Gasteiger partial charge in [-0.05, 0) is 136 Å². The standard InChI is InChI=1S/C66H43NO/c1-4-17-44(18-5-1)56-37-34-51(40-63(56)58-29-16-25-45-23-10-13-27-55(45)58)67(52-35-38-60-59-28-14-15-30-64(59)68-65(60)43-52)53-41-61(46-19-6-2-7-20-46)66(62(42-53)47-21-8-3-9-22-47)50-33-36-57-49(39-50)32-31-48-24-11-12-26-54(48)57/h1-43H. The van der Waals surface area contributed by atoms with Crippen LogP contribution in [0.25, 0.3) is 110 Å². The van der Waals surface area contributed by atoms with Crippen LogP contribution in [0.3, 0.4) is 0 Å². The van der Waals surface area contributed by atoms with Crippen LogP contribution in [0.5, 0.6) is 0 Å². The normalized spacial score (nSPS) is 11.5. The van der Waals surface area contributed by atoms with Crippen LogP contribution in [0.4, 0.5) is 17.1 Å². The molecule has 0 amide bonds. The molecule has 0 fully saturated rings. The predicted octanol–water partition coefficient (Wildman–Crippen LogP) is 18.9. The SMILES string of the molecule is c1ccc(-c2ccc(N(c3cc(-c4ccccc4)c(-c4ccc5c(ccc6ccccc65)c4)c(-c4ccccc4)c3)c3ccc4c(c3)oc3ccccc34)cc2-c2cccc3ccccc23)cc1. The van der Waals surface area contributed by atoms with Gasteiger partial charge in [0, 0.05) is 33.9 Å². The molecule has 0 aliphatic carbocycles. The molecule has 0 bridgehead atoms. The molecule has 0 aliphatic rings. The van der Waals surface area contributed by atoms with Crippen molar-refractivity contribution >= 4 is 71.3 Å². The van der Waals surface area contributed by atoms with Crippen LogP contribution >= 0.6 is 0 Å². The van der Waals surface area contributed by atoms with Crippen molar-refractivity contribution in [1.29, 1.82) is 0 Å². The van der Waals surface area contributed by atoms with E-state index in [2.05, 4.69) is 260 Å². The highest BCUT2D eigenvalue weighted by Crippen LogP contribution is 2.49. The summed E-state index contributed by atoms with van der Waals surface area (Å²) in [7, 11) is 0. The maximum Gasteiger partial charge on any atom is 0.137 e. The van der Waals surface area contributed by atoms with Gasteiger partial charge in [-0.3, -0.25) is 0 Å². The van der Waals surface area contributed by atoms with Gasteiger partial charge in [-0.25, -0.2) is 0 Å². The van der Waals surface area contributed by atoms with Crippen LogP contribution in [0.15, 0.2) is 265 Å². The lowest BCUT2D eigenvalue weighted by Crippen LogP contribution is -2.11. The lowest BCUT2D eigenvalue weighted by atomic mass is 9.85. The summed E-state index contributed by atoms with van der Waals surface area (Å²) < 4.78 is 6.63. The first-order valence-corrected chi connectivity index (χ1v) is 23.3. The van der Waals surface area contributed by atoms with E-state index in [0.717, 1.165) is 72.4 Å². The van der Waals surface area contributed by atoms with Crippen LogP contribution in [-0.4, -0.2) is 0 Å². The molecule has 2 heteroatoms. The van der Waals surface area contributed by atoms with Gasteiger partial charge in [0.1, 0.15) is 11.2 Å². The molecule has 0 radical (unpaired) electrons. The Labute approximate surface area is 395 Å². The number of para-hydroxylation sites is 1. The van der Waals surface area contributed by atoms with E-state index in [-0.39, 0.29) is 0 Å². The smallest absolute Gasteiger partial charge is 0.137 e. The highest BCUT2D eigenvalue weighted by Gasteiger charge is 2.24. The number of benzene rings is 12. The summed E-state index contributed by atoms with van der Waals surface area (Å²) in [5.41, 5.74) is 16.4. The van der Waals surface area contributed by atoms with E-state index < -0.39 is 0 Å². The number of hydrogen-bond donors (Lipinski definition) is 0. The van der Waals surface area contributed by atoms with Gasteiger partial charge in [-0.2, -0.15) is 0 Å². The maximum absolute atomic E-state index is 6.63. The van der Waals surface area contributed by atoms with Crippen molar-refractivity contribution in [3.63, 3.8) is 0 Å². The van der Waals surface area contributed by atoms with Gasteiger partial charge in [0.25, 0.3) is 0 Å².